The number of hydrogen-bond donors (Lipinski definition) is 2. The number of hydrogen-bond acceptors (Lipinski definition) is 4. The van der Waals surface area contributed by atoms with Crippen LogP contribution in [0, 0.1) is 11.8 Å². The number of nitrogens with two attached hydrogens (primary N) is 1. The van der Waals surface area contributed by atoms with Gasteiger partial charge in [0.1, 0.15) is 0 Å². The van der Waals surface area contributed by atoms with Gasteiger partial charge in [-0.05, 0) is 80.0 Å². The van der Waals surface area contributed by atoms with Crippen molar-refractivity contribution in [3.63, 3.8) is 0 Å². The summed E-state index contributed by atoms with van der Waals surface area (Å²) < 4.78 is 105. The highest BCUT2D eigenvalue weighted by molar-refractivity contribution is 7.91. The lowest BCUT2D eigenvalue weighted by Gasteiger charge is -2.27. The minimum atomic E-state index is -5.20. The van der Waals surface area contributed by atoms with E-state index in [1.807, 2.05) is 0 Å². The van der Waals surface area contributed by atoms with Gasteiger partial charge in [-0.1, -0.05) is 19.1 Å². The molecule has 0 unspecified atom stereocenters. The van der Waals surface area contributed by atoms with Gasteiger partial charge in [0.05, 0.1) is 33.4 Å². The van der Waals surface area contributed by atoms with Gasteiger partial charge in [-0.2, -0.15) is 26.3 Å². The van der Waals surface area contributed by atoms with Crippen LogP contribution in [0.1, 0.15) is 65.7 Å². The summed E-state index contributed by atoms with van der Waals surface area (Å²) in [5, 5.41) is 2.52. The first kappa shape index (κ1) is 29.0. The molecule has 0 heterocycles. The van der Waals surface area contributed by atoms with Crippen molar-refractivity contribution < 1.29 is 39.6 Å². The van der Waals surface area contributed by atoms with Crippen LogP contribution in [-0.4, -0.2) is 26.6 Å². The maximum Gasteiger partial charge on any atom is 0.417 e. The SMILES string of the molecule is C[C@H](CCCN)[C@H](NC(=O)c1ccc(C(F)(F)F)cc1C(F)(F)F)c1ccc(S(=O)(=O)CC2CC2)cc1. The second-order valence-corrected chi connectivity index (χ2v) is 11.4. The van der Waals surface area contributed by atoms with Crippen LogP contribution in [0.15, 0.2) is 47.4 Å². The van der Waals surface area contributed by atoms with E-state index in [1.54, 1.807) is 6.92 Å². The van der Waals surface area contributed by atoms with E-state index in [0.717, 1.165) is 12.8 Å². The molecule has 0 radical (unpaired) electrons. The van der Waals surface area contributed by atoms with Gasteiger partial charge >= 0.3 is 12.4 Å². The molecule has 1 amide bonds. The molecule has 2 aromatic rings. The van der Waals surface area contributed by atoms with Crippen LogP contribution in [-0.2, 0) is 22.2 Å². The molecule has 12 heteroatoms. The summed E-state index contributed by atoms with van der Waals surface area (Å²) in [5.74, 6) is -1.35. The first-order valence-electron chi connectivity index (χ1n) is 11.8. The molecular weight excluding hydrogens is 522 g/mol. The molecule has 0 aliphatic heterocycles. The molecule has 1 aliphatic carbocycles. The number of carbonyl (C=O) groups excluding carboxylic acids is 1. The van der Waals surface area contributed by atoms with E-state index in [0.29, 0.717) is 37.1 Å². The van der Waals surface area contributed by atoms with Crippen LogP contribution in [0.3, 0.4) is 0 Å². The number of sulfone groups is 1. The molecule has 37 heavy (non-hydrogen) atoms. The monoisotopic (exact) mass is 550 g/mol. The smallest absolute Gasteiger partial charge is 0.345 e. The number of amides is 1. The molecule has 204 valence electrons. The van der Waals surface area contributed by atoms with Crippen molar-refractivity contribution >= 4 is 15.7 Å². The summed E-state index contributed by atoms with van der Waals surface area (Å²) in [7, 11) is -3.50. The number of carbonyl (C=O) groups is 1. The fourth-order valence-corrected chi connectivity index (χ4v) is 5.80. The third kappa shape index (κ3) is 7.47. The molecule has 0 spiro atoms. The maximum atomic E-state index is 13.6. The second-order valence-electron chi connectivity index (χ2n) is 9.41. The second kappa shape index (κ2) is 11.0. The predicted molar refractivity (Wildman–Crippen MR) is 125 cm³/mol. The van der Waals surface area contributed by atoms with Crippen LogP contribution in [0.5, 0.6) is 0 Å². The van der Waals surface area contributed by atoms with Crippen molar-refractivity contribution in [1.82, 2.24) is 5.32 Å². The van der Waals surface area contributed by atoms with E-state index >= 15 is 0 Å². The van der Waals surface area contributed by atoms with Crippen molar-refractivity contribution in [3.8, 4) is 0 Å². The van der Waals surface area contributed by atoms with E-state index in [4.69, 9.17) is 5.73 Å². The van der Waals surface area contributed by atoms with Gasteiger partial charge in [0.25, 0.3) is 5.91 Å². The molecule has 1 fully saturated rings. The molecule has 2 aromatic carbocycles. The van der Waals surface area contributed by atoms with Crippen LogP contribution >= 0.6 is 0 Å². The first-order chi connectivity index (χ1) is 17.1. The Hall–Kier alpha value is -2.60. The largest absolute Gasteiger partial charge is 0.417 e. The van der Waals surface area contributed by atoms with Gasteiger partial charge in [-0.3, -0.25) is 4.79 Å². The fraction of sp³-hybridized carbons (Fsp3) is 0.480. The third-order valence-corrected chi connectivity index (χ3v) is 8.27. The predicted octanol–water partition coefficient (Wildman–Crippen LogP) is 5.75. The summed E-state index contributed by atoms with van der Waals surface area (Å²) in [6.07, 6.45) is -7.47. The summed E-state index contributed by atoms with van der Waals surface area (Å²) >= 11 is 0. The lowest BCUT2D eigenvalue weighted by atomic mass is 9.90. The van der Waals surface area contributed by atoms with Gasteiger partial charge < -0.3 is 11.1 Å². The zero-order chi connectivity index (χ0) is 27.6. The number of rotatable bonds is 10. The maximum absolute atomic E-state index is 13.6. The van der Waals surface area contributed by atoms with Gasteiger partial charge in [-0.25, -0.2) is 8.42 Å². The Morgan fingerprint density at radius 2 is 1.65 bits per heavy atom. The Morgan fingerprint density at radius 3 is 2.16 bits per heavy atom. The zero-order valence-corrected chi connectivity index (χ0v) is 20.8. The quantitative estimate of drug-likeness (QED) is 0.369. The lowest BCUT2D eigenvalue weighted by Crippen LogP contribution is -2.34. The summed E-state index contributed by atoms with van der Waals surface area (Å²) in [4.78, 5) is 13.1. The highest BCUT2D eigenvalue weighted by atomic mass is 32.2. The zero-order valence-electron chi connectivity index (χ0n) is 20.0. The first-order valence-corrected chi connectivity index (χ1v) is 13.4. The van der Waals surface area contributed by atoms with Gasteiger partial charge in [0.2, 0.25) is 0 Å². The minimum Gasteiger partial charge on any atom is -0.345 e. The van der Waals surface area contributed by atoms with Gasteiger partial charge in [0.15, 0.2) is 9.84 Å². The summed E-state index contributed by atoms with van der Waals surface area (Å²) in [6.45, 7) is 2.08. The molecule has 2 atom stereocenters. The molecular formula is C25H28F6N2O3S. The average molecular weight is 551 g/mol. The summed E-state index contributed by atoms with van der Waals surface area (Å²) in [5.41, 5.74) is 1.85. The topological polar surface area (TPSA) is 89.3 Å². The van der Waals surface area contributed by atoms with Crippen molar-refractivity contribution in [3.05, 3.63) is 64.7 Å². The molecule has 0 bridgehead atoms. The Bertz CT molecular complexity index is 1210. The van der Waals surface area contributed by atoms with Crippen molar-refractivity contribution in [2.45, 2.75) is 55.9 Å². The Morgan fingerprint density at radius 1 is 1.03 bits per heavy atom. The number of benzene rings is 2. The van der Waals surface area contributed by atoms with E-state index in [1.165, 1.54) is 24.3 Å². The highest BCUT2D eigenvalue weighted by Gasteiger charge is 2.40. The van der Waals surface area contributed by atoms with Crippen LogP contribution in [0.2, 0.25) is 0 Å². The summed E-state index contributed by atoms with van der Waals surface area (Å²) in [6, 6.07) is 5.76. The molecule has 1 aliphatic rings. The number of alkyl halides is 6. The third-order valence-electron chi connectivity index (χ3n) is 6.37. The average Bonchev–Trinajstić information content (AvgIpc) is 3.62. The van der Waals surface area contributed by atoms with Crippen LogP contribution < -0.4 is 11.1 Å². The minimum absolute atomic E-state index is 0.0353. The van der Waals surface area contributed by atoms with E-state index in [-0.39, 0.29) is 28.6 Å². The molecule has 3 rings (SSSR count). The Balaban J connectivity index is 1.93. The molecule has 3 N–H and O–H groups in total. The Labute approximate surface area is 211 Å². The number of halogens is 6. The van der Waals surface area contributed by atoms with Crippen molar-refractivity contribution in [2.75, 3.05) is 12.3 Å². The molecule has 0 saturated heterocycles. The van der Waals surface area contributed by atoms with Gasteiger partial charge in [0, 0.05) is 0 Å². The number of nitrogens with one attached hydrogen (secondary N) is 1. The molecule has 5 nitrogen and oxygen atoms in total. The normalized spacial score (nSPS) is 16.3. The van der Waals surface area contributed by atoms with Crippen LogP contribution in [0.4, 0.5) is 26.3 Å². The van der Waals surface area contributed by atoms with E-state index < -0.39 is 50.8 Å². The highest BCUT2D eigenvalue weighted by Crippen LogP contribution is 2.38. The van der Waals surface area contributed by atoms with E-state index in [9.17, 15) is 39.6 Å². The Kier molecular flexibility index (Phi) is 8.63. The molecule has 1 saturated carbocycles. The standard InChI is InChI=1S/C25H28F6N2O3S/c1-15(3-2-12-32)22(17-6-9-19(10-7-17)37(35,36)14-16-4-5-16)33-23(34)20-11-8-18(24(26,27)28)13-21(20)25(29,30)31/h6-11,13,15-16,22H,2-5,12,14,32H2,1H3,(H,33,34)/t15-,22+/m1/s1. The molecule has 0 aromatic heterocycles. The van der Waals surface area contributed by atoms with Crippen molar-refractivity contribution in [2.24, 2.45) is 17.6 Å². The van der Waals surface area contributed by atoms with Crippen molar-refractivity contribution in [1.29, 1.82) is 0 Å². The van der Waals surface area contributed by atoms with E-state index in [2.05, 4.69) is 5.32 Å². The van der Waals surface area contributed by atoms with Crippen LogP contribution in [0.25, 0.3) is 0 Å². The lowest BCUT2D eigenvalue weighted by molar-refractivity contribution is -0.143. The fourth-order valence-electron chi connectivity index (χ4n) is 4.11. The van der Waals surface area contributed by atoms with Gasteiger partial charge in [-0.15, -0.1) is 0 Å².